The molecule has 2 aliphatic rings. The molecule has 1 amide bonds. The Bertz CT molecular complexity index is 517. The third-order valence-corrected chi connectivity index (χ3v) is 5.32. The first kappa shape index (κ1) is 14.2. The summed E-state index contributed by atoms with van der Waals surface area (Å²) in [6.45, 7) is 4.21. The lowest BCUT2D eigenvalue weighted by Crippen LogP contribution is -2.37. The van der Waals surface area contributed by atoms with E-state index in [0.717, 1.165) is 30.0 Å². The van der Waals surface area contributed by atoms with Gasteiger partial charge in [0.05, 0.1) is 18.2 Å². The molecule has 0 unspecified atom stereocenters. The van der Waals surface area contributed by atoms with Gasteiger partial charge < -0.3 is 9.64 Å². The molecule has 1 aromatic rings. The molecular weight excluding hydrogens is 294 g/mol. The van der Waals surface area contributed by atoms with E-state index in [0.29, 0.717) is 23.5 Å². The lowest BCUT2D eigenvalue weighted by molar-refractivity contribution is -0.122. The van der Waals surface area contributed by atoms with E-state index >= 15 is 0 Å². The zero-order chi connectivity index (χ0) is 14.1. The molecule has 0 radical (unpaired) electrons. The summed E-state index contributed by atoms with van der Waals surface area (Å²) in [7, 11) is 0. The quantitative estimate of drug-likeness (QED) is 0.793. The normalized spacial score (nSPS) is 26.2. The van der Waals surface area contributed by atoms with Gasteiger partial charge in [0.1, 0.15) is 0 Å². The Labute approximate surface area is 128 Å². The minimum Gasteiger partial charge on any atom is -0.381 e. The lowest BCUT2D eigenvalue weighted by atomic mass is 10.1. The number of carbonyl (C=O) groups is 1. The van der Waals surface area contributed by atoms with Gasteiger partial charge in [0.25, 0.3) is 0 Å². The van der Waals surface area contributed by atoms with E-state index < -0.39 is 0 Å². The van der Waals surface area contributed by atoms with Crippen molar-refractivity contribution in [2.24, 2.45) is 5.92 Å². The molecule has 0 N–H and O–H groups in total. The molecule has 2 heterocycles. The van der Waals surface area contributed by atoms with Crippen LogP contribution in [0.2, 0.25) is 5.02 Å². The van der Waals surface area contributed by atoms with E-state index in [1.807, 2.05) is 34.9 Å². The van der Waals surface area contributed by atoms with Crippen molar-refractivity contribution in [3.8, 4) is 0 Å². The van der Waals surface area contributed by atoms with Crippen LogP contribution in [0.1, 0.15) is 19.8 Å². The highest BCUT2D eigenvalue weighted by atomic mass is 35.5. The van der Waals surface area contributed by atoms with Crippen molar-refractivity contribution in [2.75, 3.05) is 24.7 Å². The largest absolute Gasteiger partial charge is 0.381 e. The predicted octanol–water partition coefficient (Wildman–Crippen LogP) is 3.59. The Hall–Kier alpha value is -0.710. The molecule has 5 heteroatoms. The Morgan fingerprint density at radius 2 is 2.30 bits per heavy atom. The van der Waals surface area contributed by atoms with Crippen molar-refractivity contribution in [2.45, 2.75) is 29.9 Å². The van der Waals surface area contributed by atoms with Gasteiger partial charge in [-0.3, -0.25) is 4.79 Å². The van der Waals surface area contributed by atoms with E-state index in [4.69, 9.17) is 16.3 Å². The van der Waals surface area contributed by atoms with Gasteiger partial charge in [0.2, 0.25) is 5.91 Å². The molecular formula is C15H18ClNO2S. The van der Waals surface area contributed by atoms with Crippen LogP contribution in [0.4, 0.5) is 5.69 Å². The van der Waals surface area contributed by atoms with Crippen LogP contribution in [-0.4, -0.2) is 30.9 Å². The molecule has 1 fully saturated rings. The predicted molar refractivity (Wildman–Crippen MR) is 82.7 cm³/mol. The Morgan fingerprint density at radius 3 is 3.05 bits per heavy atom. The Balaban J connectivity index is 1.94. The summed E-state index contributed by atoms with van der Waals surface area (Å²) < 4.78 is 5.35. The van der Waals surface area contributed by atoms with Crippen LogP contribution in [0.25, 0.3) is 0 Å². The monoisotopic (exact) mass is 311 g/mol. The number of benzene rings is 1. The number of fused-ring (bicyclic) bond motifs is 1. The summed E-state index contributed by atoms with van der Waals surface area (Å²) in [6, 6.07) is 5.83. The fourth-order valence-electron chi connectivity index (χ4n) is 2.69. The molecule has 3 nitrogen and oxygen atoms in total. The first-order valence-corrected chi connectivity index (χ1v) is 8.26. The standard InChI is InChI=1S/C15H18ClNO2S/c1-10-4-6-17(15(18)11-5-7-19-9-11)13-8-12(16)2-3-14(13)20-10/h2-3,8,10-11H,4-7,9H2,1H3/t10-,11+/m0/s1. The van der Waals surface area contributed by atoms with Gasteiger partial charge in [0, 0.05) is 28.3 Å². The van der Waals surface area contributed by atoms with Gasteiger partial charge in [-0.05, 0) is 31.0 Å². The second-order valence-electron chi connectivity index (χ2n) is 5.38. The van der Waals surface area contributed by atoms with E-state index in [-0.39, 0.29) is 11.8 Å². The third-order valence-electron chi connectivity index (χ3n) is 3.84. The van der Waals surface area contributed by atoms with Crippen LogP contribution in [0, 0.1) is 5.92 Å². The van der Waals surface area contributed by atoms with Crippen molar-refractivity contribution < 1.29 is 9.53 Å². The summed E-state index contributed by atoms with van der Waals surface area (Å²) in [5, 5.41) is 1.19. The number of hydrogen-bond donors (Lipinski definition) is 0. The van der Waals surface area contributed by atoms with Crippen molar-refractivity contribution in [1.29, 1.82) is 0 Å². The smallest absolute Gasteiger partial charge is 0.232 e. The molecule has 3 rings (SSSR count). The van der Waals surface area contributed by atoms with Crippen LogP contribution in [0.5, 0.6) is 0 Å². The highest BCUT2D eigenvalue weighted by molar-refractivity contribution is 8.00. The van der Waals surface area contributed by atoms with E-state index in [2.05, 4.69) is 6.92 Å². The number of ether oxygens (including phenoxy) is 1. The number of rotatable bonds is 1. The number of halogens is 1. The van der Waals surface area contributed by atoms with Crippen molar-refractivity contribution >= 4 is 35.0 Å². The number of carbonyl (C=O) groups excluding carboxylic acids is 1. The average Bonchev–Trinajstić information content (AvgIpc) is 2.90. The molecule has 0 saturated carbocycles. The van der Waals surface area contributed by atoms with Gasteiger partial charge in [-0.15, -0.1) is 11.8 Å². The van der Waals surface area contributed by atoms with Crippen molar-refractivity contribution in [3.63, 3.8) is 0 Å². The first-order chi connectivity index (χ1) is 9.65. The van der Waals surface area contributed by atoms with E-state index in [1.54, 1.807) is 0 Å². The summed E-state index contributed by atoms with van der Waals surface area (Å²) in [4.78, 5) is 15.8. The van der Waals surface area contributed by atoms with Gasteiger partial charge in [-0.2, -0.15) is 0 Å². The van der Waals surface area contributed by atoms with Crippen molar-refractivity contribution in [1.82, 2.24) is 0 Å². The molecule has 0 bridgehead atoms. The average molecular weight is 312 g/mol. The molecule has 2 aliphatic heterocycles. The van der Waals surface area contributed by atoms with E-state index in [1.165, 1.54) is 0 Å². The number of thioether (sulfide) groups is 1. The summed E-state index contributed by atoms with van der Waals surface area (Å²) >= 11 is 7.95. The molecule has 20 heavy (non-hydrogen) atoms. The molecule has 0 spiro atoms. The topological polar surface area (TPSA) is 29.5 Å². The zero-order valence-corrected chi connectivity index (χ0v) is 13.0. The van der Waals surface area contributed by atoms with Gasteiger partial charge in [0.15, 0.2) is 0 Å². The maximum atomic E-state index is 12.7. The molecule has 108 valence electrons. The van der Waals surface area contributed by atoms with Gasteiger partial charge >= 0.3 is 0 Å². The Morgan fingerprint density at radius 1 is 1.45 bits per heavy atom. The minimum absolute atomic E-state index is 0.000220. The second-order valence-corrected chi connectivity index (χ2v) is 7.30. The lowest BCUT2D eigenvalue weighted by Gasteiger charge is -2.25. The minimum atomic E-state index is 0.000220. The zero-order valence-electron chi connectivity index (χ0n) is 11.5. The highest BCUT2D eigenvalue weighted by Crippen LogP contribution is 2.39. The first-order valence-electron chi connectivity index (χ1n) is 7.00. The molecule has 1 saturated heterocycles. The van der Waals surface area contributed by atoms with Crippen LogP contribution in [-0.2, 0) is 9.53 Å². The summed E-state index contributed by atoms with van der Waals surface area (Å²) in [6.07, 6.45) is 1.82. The summed E-state index contributed by atoms with van der Waals surface area (Å²) in [5.41, 5.74) is 0.962. The molecule has 0 aliphatic carbocycles. The molecule has 0 aromatic heterocycles. The second kappa shape index (κ2) is 5.96. The molecule has 1 aromatic carbocycles. The van der Waals surface area contributed by atoms with Gasteiger partial charge in [-0.1, -0.05) is 18.5 Å². The number of amides is 1. The van der Waals surface area contributed by atoms with Crippen LogP contribution in [0.3, 0.4) is 0 Å². The SMILES string of the molecule is C[C@H]1CCN(C(=O)[C@@H]2CCOC2)c2cc(Cl)ccc2S1. The number of anilines is 1. The number of hydrogen-bond acceptors (Lipinski definition) is 3. The third kappa shape index (κ3) is 2.83. The number of nitrogens with zero attached hydrogens (tertiary/aromatic N) is 1. The maximum Gasteiger partial charge on any atom is 0.232 e. The summed E-state index contributed by atoms with van der Waals surface area (Å²) in [5.74, 6) is 0.181. The maximum absolute atomic E-state index is 12.7. The van der Waals surface area contributed by atoms with Crippen molar-refractivity contribution in [3.05, 3.63) is 23.2 Å². The van der Waals surface area contributed by atoms with Crippen LogP contribution >= 0.6 is 23.4 Å². The van der Waals surface area contributed by atoms with Gasteiger partial charge in [-0.25, -0.2) is 0 Å². The fraction of sp³-hybridized carbons (Fsp3) is 0.533. The van der Waals surface area contributed by atoms with Crippen LogP contribution in [0.15, 0.2) is 23.1 Å². The fourth-order valence-corrected chi connectivity index (χ4v) is 3.95. The van der Waals surface area contributed by atoms with Crippen LogP contribution < -0.4 is 4.90 Å². The Kier molecular flexibility index (Phi) is 4.24. The van der Waals surface area contributed by atoms with E-state index in [9.17, 15) is 4.79 Å². The highest BCUT2D eigenvalue weighted by Gasteiger charge is 2.31. The molecule has 2 atom stereocenters.